The summed E-state index contributed by atoms with van der Waals surface area (Å²) in [4.78, 5) is 20.5. The van der Waals surface area contributed by atoms with Gasteiger partial charge in [-0.15, -0.1) is 22.0 Å². The van der Waals surface area contributed by atoms with Crippen LogP contribution in [0.4, 0.5) is 5.82 Å². The Bertz CT molecular complexity index is 924. The van der Waals surface area contributed by atoms with Gasteiger partial charge in [-0.3, -0.25) is 4.79 Å². The molecule has 0 radical (unpaired) electrons. The number of thioether (sulfide) groups is 1. The molecule has 0 amide bonds. The van der Waals surface area contributed by atoms with Crippen LogP contribution < -0.4 is 5.73 Å². The molecular formula is C17H17N5O3S. The molecular weight excluding hydrogens is 354 g/mol. The molecule has 0 spiro atoms. The van der Waals surface area contributed by atoms with Gasteiger partial charge >= 0.3 is 5.97 Å². The van der Waals surface area contributed by atoms with E-state index in [-0.39, 0.29) is 29.7 Å². The number of benzene rings is 1. The van der Waals surface area contributed by atoms with E-state index >= 15 is 0 Å². The highest BCUT2D eigenvalue weighted by Gasteiger charge is 2.17. The summed E-state index contributed by atoms with van der Waals surface area (Å²) in [6.07, 6.45) is 1.20. The average molecular weight is 371 g/mol. The summed E-state index contributed by atoms with van der Waals surface area (Å²) in [5.74, 6) is -0.909. The van der Waals surface area contributed by atoms with E-state index in [9.17, 15) is 4.79 Å². The minimum atomic E-state index is -1.06. The molecule has 134 valence electrons. The highest BCUT2D eigenvalue weighted by molar-refractivity contribution is 7.99. The first-order valence-electron chi connectivity index (χ1n) is 7.86. The van der Waals surface area contributed by atoms with Gasteiger partial charge in [0, 0.05) is 15.7 Å². The molecule has 0 saturated heterocycles. The SMILES string of the molecule is CC(C)Sc1ccc(-c2cnc(N)c(-c3nnc(CC(=O)O)o3)n2)cc1. The summed E-state index contributed by atoms with van der Waals surface area (Å²) in [7, 11) is 0. The predicted molar refractivity (Wildman–Crippen MR) is 97.5 cm³/mol. The summed E-state index contributed by atoms with van der Waals surface area (Å²) in [5, 5.41) is 16.8. The van der Waals surface area contributed by atoms with Gasteiger partial charge in [-0.1, -0.05) is 26.0 Å². The molecule has 0 atom stereocenters. The van der Waals surface area contributed by atoms with E-state index in [1.807, 2.05) is 24.3 Å². The van der Waals surface area contributed by atoms with Crippen molar-refractivity contribution in [3.05, 3.63) is 36.4 Å². The van der Waals surface area contributed by atoms with Gasteiger partial charge in [0.1, 0.15) is 6.42 Å². The van der Waals surface area contributed by atoms with E-state index in [4.69, 9.17) is 15.3 Å². The van der Waals surface area contributed by atoms with Crippen LogP contribution in [-0.2, 0) is 11.2 Å². The molecule has 0 unspecified atom stereocenters. The predicted octanol–water partition coefficient (Wildman–Crippen LogP) is 2.90. The number of anilines is 1. The Morgan fingerprint density at radius 1 is 1.27 bits per heavy atom. The van der Waals surface area contributed by atoms with E-state index in [0.29, 0.717) is 10.9 Å². The van der Waals surface area contributed by atoms with Crippen molar-refractivity contribution >= 4 is 23.5 Å². The van der Waals surface area contributed by atoms with Crippen LogP contribution in [0, 0.1) is 0 Å². The molecule has 0 fully saturated rings. The number of nitrogens with zero attached hydrogens (tertiary/aromatic N) is 4. The zero-order valence-corrected chi connectivity index (χ0v) is 15.0. The molecule has 0 aliphatic rings. The fraction of sp³-hybridized carbons (Fsp3) is 0.235. The van der Waals surface area contributed by atoms with Crippen molar-refractivity contribution in [1.82, 2.24) is 20.2 Å². The highest BCUT2D eigenvalue weighted by atomic mass is 32.2. The molecule has 2 aromatic heterocycles. The van der Waals surface area contributed by atoms with Crippen molar-refractivity contribution in [2.45, 2.75) is 30.4 Å². The maximum absolute atomic E-state index is 10.7. The Labute approximate surface area is 153 Å². The summed E-state index contributed by atoms with van der Waals surface area (Å²) in [6, 6.07) is 7.96. The Morgan fingerprint density at radius 3 is 2.65 bits per heavy atom. The van der Waals surface area contributed by atoms with Gasteiger partial charge in [0.15, 0.2) is 11.5 Å². The van der Waals surface area contributed by atoms with E-state index in [1.165, 1.54) is 4.90 Å². The summed E-state index contributed by atoms with van der Waals surface area (Å²) < 4.78 is 5.33. The highest BCUT2D eigenvalue weighted by Crippen LogP contribution is 2.28. The first-order valence-corrected chi connectivity index (χ1v) is 8.74. The molecule has 0 aliphatic heterocycles. The summed E-state index contributed by atoms with van der Waals surface area (Å²) in [5.41, 5.74) is 7.57. The van der Waals surface area contributed by atoms with Crippen LogP contribution in [0.1, 0.15) is 19.7 Å². The van der Waals surface area contributed by atoms with Crippen LogP contribution in [0.15, 0.2) is 39.8 Å². The number of rotatable bonds is 6. The molecule has 8 nitrogen and oxygen atoms in total. The van der Waals surface area contributed by atoms with Crippen LogP contribution in [0.2, 0.25) is 0 Å². The minimum absolute atomic E-state index is 0.0193. The third-order valence-electron chi connectivity index (χ3n) is 3.29. The monoisotopic (exact) mass is 371 g/mol. The number of aromatic nitrogens is 4. The summed E-state index contributed by atoms with van der Waals surface area (Å²) in [6.45, 7) is 4.28. The van der Waals surface area contributed by atoms with Crippen LogP contribution in [-0.4, -0.2) is 36.5 Å². The van der Waals surface area contributed by atoms with Crippen molar-refractivity contribution in [3.63, 3.8) is 0 Å². The van der Waals surface area contributed by atoms with Gasteiger partial charge in [0.05, 0.1) is 11.9 Å². The molecule has 26 heavy (non-hydrogen) atoms. The largest absolute Gasteiger partial charge is 0.481 e. The topological polar surface area (TPSA) is 128 Å². The standard InChI is InChI=1S/C17H17N5O3S/c1-9(2)26-11-5-3-10(4-6-11)12-8-19-16(18)15(20-12)17-22-21-13(25-17)7-14(23)24/h3-6,8-9H,7H2,1-2H3,(H2,18,19)(H,23,24). The zero-order valence-electron chi connectivity index (χ0n) is 14.2. The molecule has 3 rings (SSSR count). The molecule has 0 bridgehead atoms. The third-order valence-corrected chi connectivity index (χ3v) is 4.31. The fourth-order valence-corrected chi connectivity index (χ4v) is 3.06. The maximum Gasteiger partial charge on any atom is 0.312 e. The Morgan fingerprint density at radius 2 is 2.00 bits per heavy atom. The number of carboxylic acids is 1. The van der Waals surface area contributed by atoms with Crippen molar-refractivity contribution in [1.29, 1.82) is 0 Å². The minimum Gasteiger partial charge on any atom is -0.481 e. The molecule has 9 heteroatoms. The van der Waals surface area contributed by atoms with Crippen molar-refractivity contribution in [2.75, 3.05) is 5.73 Å². The van der Waals surface area contributed by atoms with E-state index < -0.39 is 5.97 Å². The zero-order chi connectivity index (χ0) is 18.7. The van der Waals surface area contributed by atoms with Gasteiger partial charge in [0.25, 0.3) is 5.89 Å². The van der Waals surface area contributed by atoms with Crippen LogP contribution >= 0.6 is 11.8 Å². The van der Waals surface area contributed by atoms with E-state index in [2.05, 4.69) is 34.0 Å². The van der Waals surface area contributed by atoms with E-state index in [1.54, 1.807) is 18.0 Å². The van der Waals surface area contributed by atoms with Crippen LogP contribution in [0.25, 0.3) is 22.8 Å². The second-order valence-corrected chi connectivity index (χ2v) is 7.40. The molecule has 2 heterocycles. The van der Waals surface area contributed by atoms with Crippen molar-refractivity contribution in [3.8, 4) is 22.8 Å². The van der Waals surface area contributed by atoms with Gasteiger partial charge < -0.3 is 15.3 Å². The van der Waals surface area contributed by atoms with Crippen molar-refractivity contribution < 1.29 is 14.3 Å². The third kappa shape index (κ3) is 4.17. The number of hydrogen-bond acceptors (Lipinski definition) is 8. The van der Waals surface area contributed by atoms with Gasteiger partial charge in [-0.25, -0.2) is 9.97 Å². The normalized spacial score (nSPS) is 11.0. The van der Waals surface area contributed by atoms with Crippen LogP contribution in [0.3, 0.4) is 0 Å². The molecule has 0 saturated carbocycles. The van der Waals surface area contributed by atoms with Crippen LogP contribution in [0.5, 0.6) is 0 Å². The van der Waals surface area contributed by atoms with Crippen molar-refractivity contribution in [2.24, 2.45) is 0 Å². The lowest BCUT2D eigenvalue weighted by atomic mass is 10.1. The molecule has 1 aromatic carbocycles. The quantitative estimate of drug-likeness (QED) is 0.628. The first-order chi connectivity index (χ1) is 12.4. The molecule has 0 aliphatic carbocycles. The Balaban J connectivity index is 1.90. The van der Waals surface area contributed by atoms with Gasteiger partial charge in [-0.05, 0) is 12.1 Å². The number of nitrogens with two attached hydrogens (primary N) is 1. The number of aliphatic carboxylic acids is 1. The maximum atomic E-state index is 10.7. The van der Waals surface area contributed by atoms with E-state index in [0.717, 1.165) is 5.56 Å². The lowest BCUT2D eigenvalue weighted by molar-refractivity contribution is -0.136. The number of carbonyl (C=O) groups is 1. The average Bonchev–Trinajstić information content (AvgIpc) is 3.03. The smallest absolute Gasteiger partial charge is 0.312 e. The van der Waals surface area contributed by atoms with Gasteiger partial charge in [0.2, 0.25) is 5.89 Å². The first kappa shape index (κ1) is 17.9. The second-order valence-electron chi connectivity index (χ2n) is 5.75. The lowest BCUT2D eigenvalue weighted by Gasteiger charge is -2.07. The summed E-state index contributed by atoms with van der Waals surface area (Å²) >= 11 is 1.78. The number of hydrogen-bond donors (Lipinski definition) is 2. The molecule has 3 N–H and O–H groups in total. The lowest BCUT2D eigenvalue weighted by Crippen LogP contribution is -2.00. The molecule has 3 aromatic rings. The fourth-order valence-electron chi connectivity index (χ4n) is 2.22. The number of nitrogen functional groups attached to an aromatic ring is 1. The number of carboxylic acid groups (broad SMARTS) is 1. The second kappa shape index (κ2) is 7.52. The van der Waals surface area contributed by atoms with Gasteiger partial charge in [-0.2, -0.15) is 0 Å². The Kier molecular flexibility index (Phi) is 5.17. The Hall–Kier alpha value is -2.94.